The largest absolute Gasteiger partial charge is 0.365 e. The molecule has 2 N–H and O–H groups in total. The van der Waals surface area contributed by atoms with Gasteiger partial charge in [-0.3, -0.25) is 9.59 Å². The summed E-state index contributed by atoms with van der Waals surface area (Å²) in [6, 6.07) is 1.84. The Morgan fingerprint density at radius 3 is 2.93 bits per heavy atom. The second kappa shape index (κ2) is 2.95. The first-order valence-electron chi connectivity index (χ1n) is 3.98. The summed E-state index contributed by atoms with van der Waals surface area (Å²) >= 11 is 1.32. The predicted octanol–water partition coefficient (Wildman–Crippen LogP) is 0.699. The molecule has 0 spiro atoms. The number of fused-ring (bicyclic) bond motifs is 1. The summed E-state index contributed by atoms with van der Waals surface area (Å²) in [6.07, 6.45) is 1.47. The van der Waals surface area contributed by atoms with E-state index in [1.165, 1.54) is 17.5 Å². The fraction of sp³-hybridized carbons (Fsp3) is 0.111. The quantitative estimate of drug-likeness (QED) is 0.749. The Morgan fingerprint density at radius 2 is 2.29 bits per heavy atom. The summed E-state index contributed by atoms with van der Waals surface area (Å²) in [5.41, 5.74) is 5.69. The number of pyridine rings is 1. The van der Waals surface area contributed by atoms with E-state index in [1.807, 2.05) is 11.4 Å². The Kier molecular flexibility index (Phi) is 1.89. The fourth-order valence-corrected chi connectivity index (χ4v) is 2.25. The van der Waals surface area contributed by atoms with Crippen molar-refractivity contribution in [2.75, 3.05) is 0 Å². The minimum absolute atomic E-state index is 0.0439. The van der Waals surface area contributed by atoms with Gasteiger partial charge < -0.3 is 10.3 Å². The van der Waals surface area contributed by atoms with Gasteiger partial charge in [-0.2, -0.15) is 0 Å². The number of hydrogen-bond acceptors (Lipinski definition) is 3. The van der Waals surface area contributed by atoms with Gasteiger partial charge >= 0.3 is 0 Å². The highest BCUT2D eigenvalue weighted by molar-refractivity contribution is 7.17. The zero-order valence-corrected chi connectivity index (χ0v) is 8.30. The van der Waals surface area contributed by atoms with Crippen LogP contribution in [0.2, 0.25) is 0 Å². The van der Waals surface area contributed by atoms with Crippen molar-refractivity contribution in [3.05, 3.63) is 33.4 Å². The van der Waals surface area contributed by atoms with Crippen LogP contribution in [-0.4, -0.2) is 10.5 Å². The third-order valence-corrected chi connectivity index (χ3v) is 2.97. The molecule has 0 aromatic carbocycles. The lowest BCUT2D eigenvalue weighted by Crippen LogP contribution is -2.22. The Hall–Kier alpha value is -1.62. The molecular weight excluding hydrogens is 200 g/mol. The van der Waals surface area contributed by atoms with E-state index in [-0.39, 0.29) is 11.0 Å². The van der Waals surface area contributed by atoms with Gasteiger partial charge in [0, 0.05) is 13.2 Å². The average Bonchev–Trinajstić information content (AvgIpc) is 2.59. The van der Waals surface area contributed by atoms with Gasteiger partial charge in [0.05, 0.1) is 10.2 Å². The van der Waals surface area contributed by atoms with Crippen molar-refractivity contribution in [2.24, 2.45) is 12.8 Å². The average molecular weight is 208 g/mol. The van der Waals surface area contributed by atoms with Gasteiger partial charge in [0.1, 0.15) is 5.56 Å². The first-order chi connectivity index (χ1) is 6.61. The molecule has 0 bridgehead atoms. The zero-order valence-electron chi connectivity index (χ0n) is 7.48. The minimum atomic E-state index is -0.680. The summed E-state index contributed by atoms with van der Waals surface area (Å²) in [4.78, 5) is 22.6. The molecule has 4 nitrogen and oxygen atoms in total. The molecule has 0 aliphatic heterocycles. The van der Waals surface area contributed by atoms with Gasteiger partial charge in [-0.15, -0.1) is 11.3 Å². The molecule has 2 rings (SSSR count). The molecule has 0 saturated carbocycles. The number of amides is 1. The van der Waals surface area contributed by atoms with Crippen LogP contribution in [0.25, 0.3) is 10.2 Å². The van der Waals surface area contributed by atoms with Gasteiger partial charge in [-0.25, -0.2) is 0 Å². The second-order valence-electron chi connectivity index (χ2n) is 2.98. The summed E-state index contributed by atoms with van der Waals surface area (Å²) in [6.45, 7) is 0. The topological polar surface area (TPSA) is 65.1 Å². The van der Waals surface area contributed by atoms with E-state index < -0.39 is 5.91 Å². The molecule has 0 aliphatic rings. The molecule has 0 unspecified atom stereocenters. The summed E-state index contributed by atoms with van der Waals surface area (Å²) in [5.74, 6) is -0.680. The zero-order chi connectivity index (χ0) is 10.3. The molecule has 0 saturated heterocycles. The first kappa shape index (κ1) is 8.96. The van der Waals surface area contributed by atoms with Crippen molar-refractivity contribution >= 4 is 27.5 Å². The van der Waals surface area contributed by atoms with Crippen LogP contribution in [0.5, 0.6) is 0 Å². The Bertz CT molecular complexity index is 568. The third kappa shape index (κ3) is 1.13. The van der Waals surface area contributed by atoms with Gasteiger partial charge in [0.2, 0.25) is 5.43 Å². The van der Waals surface area contributed by atoms with E-state index in [0.29, 0.717) is 4.70 Å². The maximum Gasteiger partial charge on any atom is 0.254 e. The highest BCUT2D eigenvalue weighted by atomic mass is 32.1. The Labute approximate surface area is 83.6 Å². The van der Waals surface area contributed by atoms with Crippen LogP contribution in [0.4, 0.5) is 0 Å². The number of carbonyl (C=O) groups excluding carboxylic acids is 1. The number of carbonyl (C=O) groups is 1. The van der Waals surface area contributed by atoms with Crippen molar-refractivity contribution < 1.29 is 4.79 Å². The lowest BCUT2D eigenvalue weighted by atomic mass is 10.2. The van der Waals surface area contributed by atoms with Crippen LogP contribution in [0, 0.1) is 0 Å². The molecule has 72 valence electrons. The molecule has 5 heteroatoms. The van der Waals surface area contributed by atoms with Crippen LogP contribution >= 0.6 is 11.3 Å². The molecule has 0 fully saturated rings. The Balaban J connectivity index is 2.96. The van der Waals surface area contributed by atoms with Gasteiger partial charge in [0.25, 0.3) is 5.91 Å². The van der Waals surface area contributed by atoms with Crippen LogP contribution in [-0.2, 0) is 7.05 Å². The molecule has 2 aromatic rings. The first-order valence-corrected chi connectivity index (χ1v) is 4.86. The predicted molar refractivity (Wildman–Crippen MR) is 55.6 cm³/mol. The third-order valence-electron chi connectivity index (χ3n) is 2.06. The molecule has 0 atom stereocenters. The summed E-state index contributed by atoms with van der Waals surface area (Å²) < 4.78 is 2.30. The van der Waals surface area contributed by atoms with E-state index in [1.54, 1.807) is 11.6 Å². The number of rotatable bonds is 1. The minimum Gasteiger partial charge on any atom is -0.365 e. The van der Waals surface area contributed by atoms with E-state index in [2.05, 4.69) is 0 Å². The molecule has 0 radical (unpaired) electrons. The van der Waals surface area contributed by atoms with E-state index >= 15 is 0 Å². The molecule has 2 heterocycles. The summed E-state index contributed by atoms with van der Waals surface area (Å²) in [7, 11) is 1.78. The van der Waals surface area contributed by atoms with Crippen molar-refractivity contribution in [3.8, 4) is 0 Å². The number of hydrogen-bond donors (Lipinski definition) is 1. The number of primary amides is 1. The maximum atomic E-state index is 11.7. The number of nitrogens with two attached hydrogens (primary N) is 1. The van der Waals surface area contributed by atoms with Gasteiger partial charge in [-0.05, 0) is 11.4 Å². The summed E-state index contributed by atoms with van der Waals surface area (Å²) in [5, 5.41) is 1.82. The maximum absolute atomic E-state index is 11.7. The van der Waals surface area contributed by atoms with Crippen LogP contribution in [0.3, 0.4) is 0 Å². The van der Waals surface area contributed by atoms with Crippen LogP contribution in [0.1, 0.15) is 10.4 Å². The van der Waals surface area contributed by atoms with E-state index in [0.717, 1.165) is 5.52 Å². The van der Waals surface area contributed by atoms with Crippen molar-refractivity contribution in [1.29, 1.82) is 0 Å². The molecule has 14 heavy (non-hydrogen) atoms. The molecular formula is C9H8N2O2S. The monoisotopic (exact) mass is 208 g/mol. The van der Waals surface area contributed by atoms with Crippen molar-refractivity contribution in [3.63, 3.8) is 0 Å². The highest BCUT2D eigenvalue weighted by Crippen LogP contribution is 2.16. The van der Waals surface area contributed by atoms with Crippen LogP contribution < -0.4 is 11.2 Å². The SMILES string of the molecule is Cn1cc(C(N)=O)c(=O)c2sccc21. The highest BCUT2D eigenvalue weighted by Gasteiger charge is 2.11. The smallest absolute Gasteiger partial charge is 0.254 e. The van der Waals surface area contributed by atoms with Gasteiger partial charge in [0.15, 0.2) is 0 Å². The standard InChI is InChI=1S/C9H8N2O2S/c1-11-4-5(9(10)13)7(12)8-6(11)2-3-14-8/h2-4H,1H3,(H2,10,13). The van der Waals surface area contributed by atoms with E-state index in [4.69, 9.17) is 5.73 Å². The van der Waals surface area contributed by atoms with Gasteiger partial charge in [-0.1, -0.05) is 0 Å². The van der Waals surface area contributed by atoms with E-state index in [9.17, 15) is 9.59 Å². The molecule has 1 amide bonds. The van der Waals surface area contributed by atoms with Crippen LogP contribution in [0.15, 0.2) is 22.4 Å². The Morgan fingerprint density at radius 1 is 1.57 bits per heavy atom. The number of thiophene rings is 1. The fourth-order valence-electron chi connectivity index (χ4n) is 1.37. The molecule has 0 aliphatic carbocycles. The normalized spacial score (nSPS) is 10.6. The lowest BCUT2D eigenvalue weighted by Gasteiger charge is -2.02. The lowest BCUT2D eigenvalue weighted by molar-refractivity contribution is 0.0999. The van der Waals surface area contributed by atoms with Crippen molar-refractivity contribution in [2.45, 2.75) is 0 Å². The number of aryl methyl sites for hydroxylation is 1. The van der Waals surface area contributed by atoms with Crippen molar-refractivity contribution in [1.82, 2.24) is 4.57 Å². The number of aromatic nitrogens is 1. The molecule has 2 aromatic heterocycles. The number of nitrogens with zero attached hydrogens (tertiary/aromatic N) is 1. The second-order valence-corrected chi connectivity index (χ2v) is 3.90.